The van der Waals surface area contributed by atoms with Gasteiger partial charge in [-0.3, -0.25) is 4.79 Å². The molecule has 0 bridgehead atoms. The molecular weight excluding hydrogens is 260 g/mol. The number of rotatable bonds is 5. The maximum absolute atomic E-state index is 12.2. The Morgan fingerprint density at radius 2 is 1.81 bits per heavy atom. The van der Waals surface area contributed by atoms with E-state index in [0.717, 1.165) is 16.8 Å². The second kappa shape index (κ2) is 6.93. The highest BCUT2D eigenvalue weighted by Crippen LogP contribution is 2.15. The van der Waals surface area contributed by atoms with Crippen LogP contribution >= 0.6 is 0 Å². The summed E-state index contributed by atoms with van der Waals surface area (Å²) in [5.41, 5.74) is 4.54. The molecule has 0 aliphatic heterocycles. The Bertz CT molecular complexity index is 608. The van der Waals surface area contributed by atoms with Crippen molar-refractivity contribution in [2.24, 2.45) is 0 Å². The van der Waals surface area contributed by atoms with Crippen LogP contribution in [-0.2, 0) is 11.3 Å². The molecule has 0 aliphatic rings. The summed E-state index contributed by atoms with van der Waals surface area (Å²) in [4.78, 5) is 13.9. The molecular formula is C18H22N2O. The molecule has 0 saturated heterocycles. The zero-order valence-electron chi connectivity index (χ0n) is 12.9. The van der Waals surface area contributed by atoms with Crippen LogP contribution in [0, 0.1) is 13.8 Å². The second-order valence-electron chi connectivity index (χ2n) is 5.41. The van der Waals surface area contributed by atoms with Crippen LogP contribution in [0.25, 0.3) is 0 Å². The molecule has 0 unspecified atom stereocenters. The fourth-order valence-electron chi connectivity index (χ4n) is 2.26. The number of likely N-dealkylation sites (N-methyl/N-ethyl adjacent to an activating group) is 1. The number of carbonyl (C=O) groups is 1. The van der Waals surface area contributed by atoms with E-state index in [4.69, 9.17) is 0 Å². The second-order valence-corrected chi connectivity index (χ2v) is 5.41. The van der Waals surface area contributed by atoms with Gasteiger partial charge in [-0.15, -0.1) is 0 Å². The van der Waals surface area contributed by atoms with E-state index in [1.807, 2.05) is 56.4 Å². The van der Waals surface area contributed by atoms with Crippen LogP contribution in [0.1, 0.15) is 16.7 Å². The lowest BCUT2D eigenvalue weighted by atomic mass is 10.1. The topological polar surface area (TPSA) is 32.3 Å². The van der Waals surface area contributed by atoms with E-state index in [9.17, 15) is 4.79 Å². The smallest absolute Gasteiger partial charge is 0.241 e. The van der Waals surface area contributed by atoms with Gasteiger partial charge in [-0.25, -0.2) is 0 Å². The van der Waals surface area contributed by atoms with Crippen molar-refractivity contribution in [1.29, 1.82) is 0 Å². The fraction of sp³-hybridized carbons (Fsp3) is 0.278. The molecule has 3 nitrogen and oxygen atoms in total. The van der Waals surface area contributed by atoms with Crippen molar-refractivity contribution in [3.05, 3.63) is 65.2 Å². The minimum Gasteiger partial charge on any atom is -0.376 e. The van der Waals surface area contributed by atoms with Gasteiger partial charge in [0.25, 0.3) is 0 Å². The number of nitrogens with one attached hydrogen (secondary N) is 1. The van der Waals surface area contributed by atoms with Crippen LogP contribution in [-0.4, -0.2) is 24.4 Å². The third-order valence-electron chi connectivity index (χ3n) is 3.50. The summed E-state index contributed by atoms with van der Waals surface area (Å²) in [5.74, 6) is 0.0822. The van der Waals surface area contributed by atoms with Gasteiger partial charge in [0.2, 0.25) is 5.91 Å². The number of aryl methyl sites for hydroxylation is 2. The minimum absolute atomic E-state index is 0.0822. The van der Waals surface area contributed by atoms with E-state index in [1.54, 1.807) is 4.90 Å². The number of hydrogen-bond acceptors (Lipinski definition) is 2. The van der Waals surface area contributed by atoms with E-state index >= 15 is 0 Å². The van der Waals surface area contributed by atoms with Crippen molar-refractivity contribution in [1.82, 2.24) is 4.90 Å². The van der Waals surface area contributed by atoms with E-state index in [0.29, 0.717) is 13.1 Å². The SMILES string of the molecule is Cc1ccc(NCC(=O)N(C)Cc2ccccc2)c(C)c1. The van der Waals surface area contributed by atoms with Gasteiger partial charge in [0, 0.05) is 19.3 Å². The van der Waals surface area contributed by atoms with Gasteiger partial charge in [0.15, 0.2) is 0 Å². The standard InChI is InChI=1S/C18H22N2O/c1-14-9-10-17(15(2)11-14)19-12-18(21)20(3)13-16-7-5-4-6-8-16/h4-11,19H,12-13H2,1-3H3. The molecule has 0 aromatic heterocycles. The zero-order chi connectivity index (χ0) is 15.2. The van der Waals surface area contributed by atoms with Crippen LogP contribution < -0.4 is 5.32 Å². The summed E-state index contributed by atoms with van der Waals surface area (Å²) in [7, 11) is 1.83. The summed E-state index contributed by atoms with van der Waals surface area (Å²) < 4.78 is 0. The number of benzene rings is 2. The largest absolute Gasteiger partial charge is 0.376 e. The van der Waals surface area contributed by atoms with Crippen molar-refractivity contribution >= 4 is 11.6 Å². The van der Waals surface area contributed by atoms with Crippen LogP contribution in [0.5, 0.6) is 0 Å². The molecule has 0 fully saturated rings. The first-order valence-electron chi connectivity index (χ1n) is 7.15. The highest BCUT2D eigenvalue weighted by atomic mass is 16.2. The Labute approximate surface area is 126 Å². The van der Waals surface area contributed by atoms with Gasteiger partial charge in [-0.1, -0.05) is 48.0 Å². The average Bonchev–Trinajstić information content (AvgIpc) is 2.47. The summed E-state index contributed by atoms with van der Waals surface area (Å²) in [6, 6.07) is 16.2. The molecule has 2 rings (SSSR count). The maximum atomic E-state index is 12.2. The van der Waals surface area contributed by atoms with Crippen LogP contribution in [0.4, 0.5) is 5.69 Å². The number of hydrogen-bond donors (Lipinski definition) is 1. The van der Waals surface area contributed by atoms with E-state index in [-0.39, 0.29) is 5.91 Å². The lowest BCUT2D eigenvalue weighted by molar-refractivity contribution is -0.128. The molecule has 0 atom stereocenters. The molecule has 0 radical (unpaired) electrons. The Balaban J connectivity index is 1.89. The molecule has 0 spiro atoms. The highest BCUT2D eigenvalue weighted by molar-refractivity contribution is 5.80. The minimum atomic E-state index is 0.0822. The van der Waals surface area contributed by atoms with Crippen LogP contribution in [0.2, 0.25) is 0 Å². The van der Waals surface area contributed by atoms with Gasteiger partial charge in [0.05, 0.1) is 6.54 Å². The van der Waals surface area contributed by atoms with Crippen LogP contribution in [0.15, 0.2) is 48.5 Å². The maximum Gasteiger partial charge on any atom is 0.241 e. The fourth-order valence-corrected chi connectivity index (χ4v) is 2.26. The normalized spacial score (nSPS) is 10.2. The molecule has 1 amide bonds. The average molecular weight is 282 g/mol. The molecule has 0 heterocycles. The van der Waals surface area contributed by atoms with Crippen molar-refractivity contribution in [3.63, 3.8) is 0 Å². The van der Waals surface area contributed by atoms with Crippen molar-refractivity contribution in [2.75, 3.05) is 18.9 Å². The Morgan fingerprint density at radius 3 is 2.48 bits per heavy atom. The summed E-state index contributed by atoms with van der Waals surface area (Å²) in [6.07, 6.45) is 0. The molecule has 21 heavy (non-hydrogen) atoms. The predicted molar refractivity (Wildman–Crippen MR) is 87.3 cm³/mol. The number of anilines is 1. The Morgan fingerprint density at radius 1 is 1.10 bits per heavy atom. The lowest BCUT2D eigenvalue weighted by Crippen LogP contribution is -2.31. The summed E-state index contributed by atoms with van der Waals surface area (Å²) in [5, 5.41) is 3.22. The lowest BCUT2D eigenvalue weighted by Gasteiger charge is -2.18. The van der Waals surface area contributed by atoms with Gasteiger partial charge in [0.1, 0.15) is 0 Å². The van der Waals surface area contributed by atoms with Crippen molar-refractivity contribution in [3.8, 4) is 0 Å². The molecule has 110 valence electrons. The number of nitrogens with zero attached hydrogens (tertiary/aromatic N) is 1. The van der Waals surface area contributed by atoms with Gasteiger partial charge < -0.3 is 10.2 Å². The molecule has 1 N–H and O–H groups in total. The molecule has 2 aromatic rings. The highest BCUT2D eigenvalue weighted by Gasteiger charge is 2.09. The molecule has 2 aromatic carbocycles. The summed E-state index contributed by atoms with van der Waals surface area (Å²) >= 11 is 0. The van der Waals surface area contributed by atoms with Crippen molar-refractivity contribution < 1.29 is 4.79 Å². The summed E-state index contributed by atoms with van der Waals surface area (Å²) in [6.45, 7) is 5.06. The van der Waals surface area contributed by atoms with Gasteiger partial charge in [-0.05, 0) is 31.0 Å². The quantitative estimate of drug-likeness (QED) is 0.912. The van der Waals surface area contributed by atoms with Crippen LogP contribution in [0.3, 0.4) is 0 Å². The van der Waals surface area contributed by atoms with E-state index < -0.39 is 0 Å². The first-order chi connectivity index (χ1) is 10.1. The predicted octanol–water partition coefficient (Wildman–Crippen LogP) is 3.37. The van der Waals surface area contributed by atoms with E-state index in [1.165, 1.54) is 5.56 Å². The first-order valence-corrected chi connectivity index (χ1v) is 7.15. The third kappa shape index (κ3) is 4.35. The first kappa shape index (κ1) is 15.1. The molecule has 0 saturated carbocycles. The zero-order valence-corrected chi connectivity index (χ0v) is 12.9. The van der Waals surface area contributed by atoms with Crippen molar-refractivity contribution in [2.45, 2.75) is 20.4 Å². The molecule has 0 aliphatic carbocycles. The Hall–Kier alpha value is -2.29. The van der Waals surface area contributed by atoms with Gasteiger partial charge in [-0.2, -0.15) is 0 Å². The third-order valence-corrected chi connectivity index (χ3v) is 3.50. The Kier molecular flexibility index (Phi) is 4.99. The van der Waals surface area contributed by atoms with Gasteiger partial charge >= 0.3 is 0 Å². The number of amides is 1. The number of carbonyl (C=O) groups excluding carboxylic acids is 1. The molecule has 3 heteroatoms. The van der Waals surface area contributed by atoms with E-state index in [2.05, 4.69) is 18.3 Å². The monoisotopic (exact) mass is 282 g/mol.